The molecule has 5 heteroatoms. The average Bonchev–Trinajstić information content (AvgIpc) is 2.42. The molecule has 1 aromatic rings. The largest absolute Gasteiger partial charge is 1.00 e. The minimum atomic E-state index is -0.570. The molecule has 124 valence electrons. The van der Waals surface area contributed by atoms with Crippen molar-refractivity contribution in [3.63, 3.8) is 0 Å². The third kappa shape index (κ3) is 5.27. The van der Waals surface area contributed by atoms with Crippen LogP contribution >= 0.6 is 0 Å². The fraction of sp³-hybridized carbons (Fsp3) is 0.588. The van der Waals surface area contributed by atoms with Crippen molar-refractivity contribution in [2.45, 2.75) is 51.7 Å². The number of carbonyl (C=O) groups excluding carboxylic acids is 1. The van der Waals surface area contributed by atoms with Gasteiger partial charge in [0.15, 0.2) is 5.78 Å². The molecule has 1 aromatic carbocycles. The molecule has 2 N–H and O–H groups in total. The van der Waals surface area contributed by atoms with Gasteiger partial charge in [-0.05, 0) is 39.7 Å². The molecular weight excluding hydrogens is 302 g/mol. The molecule has 0 amide bonds. The molecule has 1 atom stereocenters. The third-order valence-corrected chi connectivity index (χ3v) is 3.56. The number of nitrogens with one attached hydrogen (secondary N) is 1. The Hall–Kier alpha value is -1.10. The molecule has 0 aromatic heterocycles. The molecule has 0 spiro atoms. The van der Waals surface area contributed by atoms with E-state index in [1.165, 1.54) is 0 Å². The van der Waals surface area contributed by atoms with E-state index in [-0.39, 0.29) is 30.3 Å². The number of ether oxygens (including phenoxy) is 1. The quantitative estimate of drug-likeness (QED) is 0.754. The summed E-state index contributed by atoms with van der Waals surface area (Å²) in [5, 5.41) is 13.2. The Balaban J connectivity index is 0.00000242. The van der Waals surface area contributed by atoms with Crippen molar-refractivity contribution in [3.05, 3.63) is 29.3 Å². The summed E-state index contributed by atoms with van der Waals surface area (Å²) in [6.45, 7) is 6.88. The lowest BCUT2D eigenvalue weighted by atomic mass is 9.90. The summed E-state index contributed by atoms with van der Waals surface area (Å²) in [7, 11) is 0. The summed E-state index contributed by atoms with van der Waals surface area (Å²) in [6.07, 6.45) is 1.79. The van der Waals surface area contributed by atoms with Gasteiger partial charge in [0, 0.05) is 29.6 Å². The first-order valence-corrected chi connectivity index (χ1v) is 7.58. The van der Waals surface area contributed by atoms with Crippen LogP contribution in [-0.4, -0.2) is 35.7 Å². The lowest BCUT2D eigenvalue weighted by Gasteiger charge is -2.24. The van der Waals surface area contributed by atoms with Crippen LogP contribution in [0.25, 0.3) is 0 Å². The first kappa shape index (κ1) is 18.9. The number of fused-ring (bicyclic) bond motifs is 1. The Labute approximate surface area is 138 Å². The Bertz CT molecular complexity index is 511. The normalized spacial score (nSPS) is 15.7. The number of aliphatic hydroxyl groups excluding tert-OH is 1. The van der Waals surface area contributed by atoms with Crippen molar-refractivity contribution in [3.8, 4) is 5.75 Å². The Morgan fingerprint density at radius 3 is 2.73 bits per heavy atom. The minimum Gasteiger partial charge on any atom is -1.00 e. The van der Waals surface area contributed by atoms with Crippen LogP contribution in [0.1, 0.15) is 49.5 Å². The first-order valence-electron chi connectivity index (χ1n) is 7.58. The number of β-amino-alcohol motifs (C(OH)–C–C–N with tert-alkyl or cyclic N) is 1. The molecule has 22 heavy (non-hydrogen) atoms. The Kier molecular flexibility index (Phi) is 6.85. The molecule has 1 aliphatic carbocycles. The number of Topliss-reactive ketones (excluding diaryl/α,β-unsaturated/α-hetero) is 1. The van der Waals surface area contributed by atoms with Crippen LogP contribution in [0.4, 0.5) is 0 Å². The van der Waals surface area contributed by atoms with Crippen LogP contribution < -0.4 is 22.5 Å². The van der Waals surface area contributed by atoms with E-state index in [2.05, 4.69) is 26.1 Å². The van der Waals surface area contributed by atoms with Crippen LogP contribution in [0.2, 0.25) is 0 Å². The maximum atomic E-state index is 11.9. The minimum absolute atomic E-state index is 0. The number of halogens is 1. The highest BCUT2D eigenvalue weighted by Gasteiger charge is 2.20. The SMILES string of the molecule is CC(C)(C)NC[C@@H](O)COc1cccc2c1CCCC2=O.[Cl-]. The molecule has 2 rings (SSSR count). The van der Waals surface area contributed by atoms with Crippen LogP contribution in [0.15, 0.2) is 18.2 Å². The third-order valence-electron chi connectivity index (χ3n) is 3.56. The van der Waals surface area contributed by atoms with Gasteiger partial charge in [0.05, 0.1) is 0 Å². The molecule has 0 saturated carbocycles. The van der Waals surface area contributed by atoms with Crippen LogP contribution in [0, 0.1) is 0 Å². The fourth-order valence-corrected chi connectivity index (χ4v) is 2.45. The van der Waals surface area contributed by atoms with Gasteiger partial charge in [0.1, 0.15) is 18.5 Å². The summed E-state index contributed by atoms with van der Waals surface area (Å²) in [6, 6.07) is 5.58. The lowest BCUT2D eigenvalue weighted by molar-refractivity contribution is -0.0000146. The van der Waals surface area contributed by atoms with Gasteiger partial charge in [0.2, 0.25) is 0 Å². The van der Waals surface area contributed by atoms with Crippen molar-refractivity contribution in [2.24, 2.45) is 0 Å². The highest BCUT2D eigenvalue weighted by Crippen LogP contribution is 2.29. The number of ketones is 1. The van der Waals surface area contributed by atoms with Crippen molar-refractivity contribution < 1.29 is 27.0 Å². The molecule has 4 nitrogen and oxygen atoms in total. The number of carbonyl (C=O) groups is 1. The highest BCUT2D eigenvalue weighted by atomic mass is 35.5. The zero-order valence-electron chi connectivity index (χ0n) is 13.5. The van der Waals surface area contributed by atoms with E-state index in [0.29, 0.717) is 13.0 Å². The average molecular weight is 327 g/mol. The van der Waals surface area contributed by atoms with Crippen molar-refractivity contribution in [1.82, 2.24) is 5.32 Å². The van der Waals surface area contributed by atoms with Gasteiger partial charge in [-0.2, -0.15) is 0 Å². The maximum absolute atomic E-state index is 11.9. The van der Waals surface area contributed by atoms with Crippen LogP contribution in [-0.2, 0) is 6.42 Å². The van der Waals surface area contributed by atoms with E-state index in [0.717, 1.165) is 29.7 Å². The molecule has 1 aliphatic rings. The summed E-state index contributed by atoms with van der Waals surface area (Å²) in [5.74, 6) is 0.923. The molecular formula is C17H25ClNO3-. The van der Waals surface area contributed by atoms with E-state index < -0.39 is 6.10 Å². The molecule has 0 radical (unpaired) electrons. The summed E-state index contributed by atoms with van der Waals surface area (Å²) >= 11 is 0. The van der Waals surface area contributed by atoms with Gasteiger partial charge in [-0.25, -0.2) is 0 Å². The smallest absolute Gasteiger partial charge is 0.163 e. The molecule has 0 fully saturated rings. The topological polar surface area (TPSA) is 58.6 Å². The van der Waals surface area contributed by atoms with Crippen molar-refractivity contribution >= 4 is 5.78 Å². The zero-order valence-corrected chi connectivity index (χ0v) is 14.2. The fourth-order valence-electron chi connectivity index (χ4n) is 2.45. The molecule has 0 unspecified atom stereocenters. The number of rotatable bonds is 5. The molecule has 0 heterocycles. The van der Waals surface area contributed by atoms with E-state index in [1.807, 2.05) is 18.2 Å². The number of benzene rings is 1. The predicted octanol–water partition coefficient (Wildman–Crippen LogP) is -0.663. The second kappa shape index (κ2) is 7.95. The maximum Gasteiger partial charge on any atom is 0.163 e. The number of hydrogen-bond acceptors (Lipinski definition) is 4. The van der Waals surface area contributed by atoms with Crippen molar-refractivity contribution in [2.75, 3.05) is 13.2 Å². The van der Waals surface area contributed by atoms with Gasteiger partial charge in [-0.15, -0.1) is 0 Å². The van der Waals surface area contributed by atoms with Crippen LogP contribution in [0.5, 0.6) is 5.75 Å². The number of aliphatic hydroxyl groups is 1. The van der Waals surface area contributed by atoms with E-state index in [4.69, 9.17) is 4.74 Å². The van der Waals surface area contributed by atoms with E-state index >= 15 is 0 Å². The van der Waals surface area contributed by atoms with Crippen LogP contribution in [0.3, 0.4) is 0 Å². The second-order valence-electron chi connectivity index (χ2n) is 6.65. The second-order valence-corrected chi connectivity index (χ2v) is 6.65. The van der Waals surface area contributed by atoms with Gasteiger partial charge >= 0.3 is 0 Å². The summed E-state index contributed by atoms with van der Waals surface area (Å²) in [5.41, 5.74) is 1.74. The molecule has 0 saturated heterocycles. The first-order chi connectivity index (χ1) is 9.87. The highest BCUT2D eigenvalue weighted by molar-refractivity contribution is 5.99. The van der Waals surface area contributed by atoms with E-state index in [9.17, 15) is 9.90 Å². The molecule has 0 bridgehead atoms. The van der Waals surface area contributed by atoms with E-state index in [1.54, 1.807) is 0 Å². The summed E-state index contributed by atoms with van der Waals surface area (Å²) < 4.78 is 5.74. The zero-order chi connectivity index (χ0) is 15.5. The van der Waals surface area contributed by atoms with Gasteiger partial charge < -0.3 is 27.6 Å². The van der Waals surface area contributed by atoms with Gasteiger partial charge in [-0.3, -0.25) is 4.79 Å². The monoisotopic (exact) mass is 326 g/mol. The Morgan fingerprint density at radius 2 is 2.05 bits per heavy atom. The van der Waals surface area contributed by atoms with Gasteiger partial charge in [0.25, 0.3) is 0 Å². The lowest BCUT2D eigenvalue weighted by Crippen LogP contribution is -3.00. The summed E-state index contributed by atoms with van der Waals surface area (Å²) in [4.78, 5) is 11.9. The van der Waals surface area contributed by atoms with Gasteiger partial charge in [-0.1, -0.05) is 12.1 Å². The van der Waals surface area contributed by atoms with Crippen molar-refractivity contribution in [1.29, 1.82) is 0 Å². The standard InChI is InChI=1S/C17H25NO3.ClH/c1-17(2,3)18-10-12(19)11-21-16-9-5-6-13-14(16)7-4-8-15(13)20;/h5-6,9,12,18-19H,4,7-8,10-11H2,1-3H3;1H/p-1/t12-;/m1./s1. The molecule has 0 aliphatic heterocycles. The number of hydrogen-bond donors (Lipinski definition) is 2. The Morgan fingerprint density at radius 1 is 1.32 bits per heavy atom. The predicted molar refractivity (Wildman–Crippen MR) is 83.0 cm³/mol.